The van der Waals surface area contributed by atoms with Gasteiger partial charge in [0, 0.05) is 68.5 Å². The molecule has 4 aromatic rings. The van der Waals surface area contributed by atoms with Crippen molar-refractivity contribution in [2.24, 2.45) is 5.41 Å². The number of rotatable bonds is 13. The molecule has 1 saturated carbocycles. The minimum Gasteiger partial charge on any atom is -0.496 e. The Bertz CT molecular complexity index is 2460. The molecule has 3 saturated heterocycles. The maximum Gasteiger partial charge on any atom is 0.293 e. The van der Waals surface area contributed by atoms with Gasteiger partial charge in [-0.25, -0.2) is 4.98 Å². The summed E-state index contributed by atoms with van der Waals surface area (Å²) in [6, 6.07) is 11.9. The van der Waals surface area contributed by atoms with Gasteiger partial charge in [0.25, 0.3) is 17.4 Å². The lowest BCUT2D eigenvalue weighted by Gasteiger charge is -2.53. The van der Waals surface area contributed by atoms with Gasteiger partial charge in [-0.2, -0.15) is 4.98 Å². The molecule has 1 spiro atoms. The number of carbonyl (C=O) groups excluding carboxylic acids is 4. The van der Waals surface area contributed by atoms with Crippen LogP contribution in [0.4, 0.5) is 23.1 Å². The molecule has 18 heteroatoms. The number of aromatic nitrogens is 3. The summed E-state index contributed by atoms with van der Waals surface area (Å²) in [7, 11) is 3.04. The summed E-state index contributed by atoms with van der Waals surface area (Å²) in [5.74, 6) is -0.00914. The Morgan fingerprint density at radius 1 is 0.952 bits per heavy atom. The molecular formula is C45H54ClN9O8. The molecule has 63 heavy (non-hydrogen) atoms. The molecule has 334 valence electrons. The summed E-state index contributed by atoms with van der Waals surface area (Å²) in [5, 5.41) is 12.0. The fourth-order valence-electron chi connectivity index (χ4n) is 9.21. The van der Waals surface area contributed by atoms with E-state index in [1.54, 1.807) is 22.9 Å². The summed E-state index contributed by atoms with van der Waals surface area (Å²) in [6.07, 6.45) is 8.40. The number of methoxy groups -OCH3 is 1. The second kappa shape index (κ2) is 18.4. The van der Waals surface area contributed by atoms with Crippen LogP contribution in [0.25, 0.3) is 10.9 Å². The van der Waals surface area contributed by atoms with Gasteiger partial charge < -0.3 is 44.5 Å². The van der Waals surface area contributed by atoms with Gasteiger partial charge in [0.05, 0.1) is 36.6 Å². The van der Waals surface area contributed by atoms with Crippen LogP contribution in [-0.2, 0) is 19.1 Å². The van der Waals surface area contributed by atoms with Crippen LogP contribution in [0.2, 0.25) is 5.02 Å². The monoisotopic (exact) mass is 883 g/mol. The van der Waals surface area contributed by atoms with Crippen LogP contribution in [0.15, 0.2) is 53.5 Å². The van der Waals surface area contributed by atoms with Crippen LogP contribution in [0.3, 0.4) is 0 Å². The maximum absolute atomic E-state index is 13.2. The molecule has 0 radical (unpaired) electrons. The van der Waals surface area contributed by atoms with Crippen molar-refractivity contribution in [3.8, 4) is 11.5 Å². The molecule has 2 aromatic heterocycles. The molecule has 17 nitrogen and oxygen atoms in total. The van der Waals surface area contributed by atoms with Crippen LogP contribution in [0, 0.1) is 5.41 Å². The third-order valence-electron chi connectivity index (χ3n) is 12.7. The predicted octanol–water partition coefficient (Wildman–Crippen LogP) is 4.87. The molecule has 3 aliphatic heterocycles. The first-order valence-electron chi connectivity index (χ1n) is 21.6. The van der Waals surface area contributed by atoms with E-state index < -0.39 is 17.9 Å². The van der Waals surface area contributed by atoms with Crippen LogP contribution in [0.1, 0.15) is 81.6 Å². The smallest absolute Gasteiger partial charge is 0.293 e. The third kappa shape index (κ3) is 9.54. The molecule has 4 N–H and O–H groups in total. The van der Waals surface area contributed by atoms with E-state index in [1.807, 2.05) is 44.2 Å². The molecule has 4 amide bonds. The highest BCUT2D eigenvalue weighted by atomic mass is 35.5. The summed E-state index contributed by atoms with van der Waals surface area (Å²) in [6.45, 7) is 6.87. The summed E-state index contributed by atoms with van der Waals surface area (Å²) in [5.41, 5.74) is 2.74. The number of benzene rings is 2. The second-order valence-electron chi connectivity index (χ2n) is 17.2. The number of imide groups is 1. The highest BCUT2D eigenvalue weighted by molar-refractivity contribution is 6.33. The van der Waals surface area contributed by atoms with Crippen LogP contribution >= 0.6 is 11.6 Å². The summed E-state index contributed by atoms with van der Waals surface area (Å²) < 4.78 is 19.5. The van der Waals surface area contributed by atoms with E-state index in [0.29, 0.717) is 33.8 Å². The van der Waals surface area contributed by atoms with Crippen molar-refractivity contribution in [3.63, 3.8) is 0 Å². The van der Waals surface area contributed by atoms with Crippen LogP contribution < -0.4 is 46.1 Å². The molecule has 5 heterocycles. The fourth-order valence-corrected chi connectivity index (χ4v) is 9.35. The largest absolute Gasteiger partial charge is 0.496 e. The molecule has 8 rings (SSSR count). The molecule has 1 atom stereocenters. The zero-order chi connectivity index (χ0) is 44.4. The highest BCUT2D eigenvalue weighted by Gasteiger charge is 2.47. The third-order valence-corrected chi connectivity index (χ3v) is 13.0. The number of pyridine rings is 1. The fraction of sp³-hybridized carbons (Fsp3) is 0.489. The van der Waals surface area contributed by atoms with Crippen molar-refractivity contribution in [2.45, 2.75) is 89.5 Å². The average Bonchev–Trinajstić information content (AvgIpc) is 3.27. The normalized spacial score (nSPS) is 19.2. The number of fused-ring (bicyclic) bond motifs is 1. The highest BCUT2D eigenvalue weighted by Crippen LogP contribution is 2.51. The lowest BCUT2D eigenvalue weighted by Crippen LogP contribution is -2.52. The van der Waals surface area contributed by atoms with Gasteiger partial charge in [0.1, 0.15) is 16.8 Å². The lowest BCUT2D eigenvalue weighted by atomic mass is 9.61. The van der Waals surface area contributed by atoms with Crippen molar-refractivity contribution in [1.82, 2.24) is 30.5 Å². The van der Waals surface area contributed by atoms with Crippen molar-refractivity contribution < 1.29 is 33.4 Å². The quantitative estimate of drug-likeness (QED) is 0.133. The van der Waals surface area contributed by atoms with Crippen molar-refractivity contribution in [2.75, 3.05) is 62.1 Å². The number of piperidine rings is 3. The Morgan fingerprint density at radius 3 is 2.41 bits per heavy atom. The van der Waals surface area contributed by atoms with Crippen molar-refractivity contribution >= 4 is 69.3 Å². The van der Waals surface area contributed by atoms with E-state index in [1.165, 1.54) is 14.2 Å². The van der Waals surface area contributed by atoms with Gasteiger partial charge in [0.15, 0.2) is 18.2 Å². The summed E-state index contributed by atoms with van der Waals surface area (Å²) >= 11 is 6.60. The number of nitrogens with one attached hydrogen (secondary N) is 4. The second-order valence-corrected chi connectivity index (χ2v) is 17.6. The maximum atomic E-state index is 13.2. The number of hydrogen-bond donors (Lipinski definition) is 4. The number of ether oxygens (including phenoxy) is 3. The minimum absolute atomic E-state index is 0.0899. The first-order chi connectivity index (χ1) is 30.3. The number of nitrogens with zero attached hydrogens (tertiary/aromatic N) is 5. The van der Waals surface area contributed by atoms with Crippen molar-refractivity contribution in [3.05, 3.63) is 69.6 Å². The molecule has 2 aromatic carbocycles. The molecule has 4 fully saturated rings. The van der Waals surface area contributed by atoms with Gasteiger partial charge >= 0.3 is 0 Å². The Hall–Kier alpha value is -5.94. The lowest BCUT2D eigenvalue weighted by molar-refractivity contribution is -0.134. The number of halogens is 1. The average molecular weight is 884 g/mol. The Balaban J connectivity index is 0.816. The van der Waals surface area contributed by atoms with E-state index in [4.69, 9.17) is 30.8 Å². The van der Waals surface area contributed by atoms with E-state index in [9.17, 15) is 24.0 Å². The predicted molar refractivity (Wildman–Crippen MR) is 238 cm³/mol. The van der Waals surface area contributed by atoms with Gasteiger partial charge in [-0.1, -0.05) is 11.6 Å². The number of likely N-dealkylation sites (N-methyl/N-ethyl adjacent to an activating group) is 1. The first kappa shape index (κ1) is 43.7. The number of amides is 4. The molecule has 4 aliphatic rings. The van der Waals surface area contributed by atoms with E-state index in [2.05, 4.69) is 36.1 Å². The van der Waals surface area contributed by atoms with Crippen LogP contribution in [0.5, 0.6) is 11.5 Å². The van der Waals surface area contributed by atoms with Gasteiger partial charge in [-0.05, 0) is 101 Å². The topological polar surface area (TPSA) is 198 Å². The summed E-state index contributed by atoms with van der Waals surface area (Å²) in [4.78, 5) is 75.7. The zero-order valence-electron chi connectivity index (χ0n) is 36.0. The molecular weight excluding hydrogens is 830 g/mol. The first-order valence-corrected chi connectivity index (χ1v) is 22.0. The number of anilines is 4. The van der Waals surface area contributed by atoms with Crippen molar-refractivity contribution in [1.29, 1.82) is 0 Å². The zero-order valence-corrected chi connectivity index (χ0v) is 36.8. The number of carbonyl (C=O) groups is 4. The number of hydrogen-bond acceptors (Lipinski definition) is 13. The molecule has 1 aliphatic carbocycles. The van der Waals surface area contributed by atoms with Gasteiger partial charge in [0.2, 0.25) is 17.8 Å². The Labute approximate surface area is 370 Å². The van der Waals surface area contributed by atoms with E-state index in [0.717, 1.165) is 81.3 Å². The minimum atomic E-state index is -0.760. The SMILES string of the molecule is CNC(=O)COc1cc2cc(Nc3nc(N4CCC(OC5CC6(CCN(c7ccc(C(=O)NC8CCC(=O)NC8=O)c(OC)c7)CC6)C5)CC4)ncc3Cl)ccc2n(C(C)C)c1=O. The molecule has 0 bridgehead atoms. The molecule has 1 unspecified atom stereocenters. The van der Waals surface area contributed by atoms with Gasteiger partial charge in [-0.3, -0.25) is 29.3 Å². The van der Waals surface area contributed by atoms with E-state index >= 15 is 0 Å². The Morgan fingerprint density at radius 2 is 1.71 bits per heavy atom. The van der Waals surface area contributed by atoms with Crippen LogP contribution in [-0.4, -0.2) is 103 Å². The van der Waals surface area contributed by atoms with E-state index in [-0.39, 0.29) is 66.2 Å². The van der Waals surface area contributed by atoms with Gasteiger partial charge in [-0.15, -0.1) is 0 Å². The standard InChI is InChI=1S/C45H54ClN9O8/c1-26(2)55-35-9-5-28(19-27(35)20-37(43(55)60)62-25-39(57)47-3)49-40-33(46)24-48-44(52-40)54-15-11-30(12-16-54)63-31-22-45(23-31)13-17-53(18-14-45)29-6-7-32(36(21-29)61-4)41(58)50-34-8-10-38(56)51-42(34)59/h5-7,9,19-21,24,26,30-31,34H,8,10-18,22-23,25H2,1-4H3,(H,47,57)(H,50,58)(H,48,49,52)(H,51,56,59). The Kier molecular flexibility index (Phi) is 12.8.